The Morgan fingerprint density at radius 1 is 1.19 bits per heavy atom. The molecule has 4 unspecified atom stereocenters. The number of hydrogen-bond donors (Lipinski definition) is 0. The smallest absolute Gasteiger partial charge is 0.246 e. The van der Waals surface area contributed by atoms with Gasteiger partial charge in [-0.2, -0.15) is 0 Å². The number of amides is 2. The molecule has 0 aliphatic carbocycles. The highest BCUT2D eigenvalue weighted by Gasteiger charge is 2.51. The first-order valence-electron chi connectivity index (χ1n) is 8.25. The zero-order valence-corrected chi connectivity index (χ0v) is 13.2. The van der Waals surface area contributed by atoms with E-state index in [4.69, 9.17) is 4.74 Å². The molecule has 5 nitrogen and oxygen atoms in total. The molecule has 3 aliphatic rings. The Hall–Kier alpha value is -1.10. The normalized spacial score (nSPS) is 37.3. The number of carbonyl (C=O) groups excluding carboxylic acids is 2. The molecule has 0 bridgehead atoms. The fourth-order valence-electron chi connectivity index (χ4n) is 4.13. The summed E-state index contributed by atoms with van der Waals surface area (Å²) in [4.78, 5) is 29.5. The Kier molecular flexibility index (Phi) is 3.95. The van der Waals surface area contributed by atoms with E-state index in [1.54, 1.807) is 0 Å². The molecule has 4 atom stereocenters. The summed E-state index contributed by atoms with van der Waals surface area (Å²) in [5.74, 6) is 0.484. The van der Waals surface area contributed by atoms with E-state index in [2.05, 4.69) is 6.92 Å². The fourth-order valence-corrected chi connectivity index (χ4v) is 4.13. The van der Waals surface area contributed by atoms with Crippen molar-refractivity contribution in [2.75, 3.05) is 13.2 Å². The zero-order chi connectivity index (χ0) is 15.1. The maximum absolute atomic E-state index is 13.0. The van der Waals surface area contributed by atoms with E-state index in [1.165, 1.54) is 0 Å². The molecule has 0 spiro atoms. The van der Waals surface area contributed by atoms with E-state index >= 15 is 0 Å². The second-order valence-electron chi connectivity index (χ2n) is 6.98. The summed E-state index contributed by atoms with van der Waals surface area (Å²) in [6, 6.07) is -0.340. The first-order valence-corrected chi connectivity index (χ1v) is 8.25. The van der Waals surface area contributed by atoms with Crippen molar-refractivity contribution in [3.63, 3.8) is 0 Å². The molecule has 0 saturated carbocycles. The number of nitrogens with zero attached hydrogens (tertiary/aromatic N) is 2. The minimum absolute atomic E-state index is 0.153. The van der Waals surface area contributed by atoms with Crippen molar-refractivity contribution in [3.8, 4) is 0 Å². The van der Waals surface area contributed by atoms with Gasteiger partial charge in [0.2, 0.25) is 11.8 Å². The molecule has 118 valence electrons. The summed E-state index contributed by atoms with van der Waals surface area (Å²) in [6.45, 7) is 7.57. The van der Waals surface area contributed by atoms with Crippen molar-refractivity contribution in [3.05, 3.63) is 0 Å². The van der Waals surface area contributed by atoms with Crippen LogP contribution in [0.15, 0.2) is 0 Å². The molecule has 0 aromatic rings. The average Bonchev–Trinajstić information content (AvgIpc) is 2.92. The summed E-state index contributed by atoms with van der Waals surface area (Å²) in [7, 11) is 0. The third-order valence-corrected chi connectivity index (χ3v) is 5.11. The van der Waals surface area contributed by atoms with Gasteiger partial charge in [-0.1, -0.05) is 13.8 Å². The van der Waals surface area contributed by atoms with Gasteiger partial charge in [-0.15, -0.1) is 0 Å². The van der Waals surface area contributed by atoms with Crippen LogP contribution >= 0.6 is 0 Å². The highest BCUT2D eigenvalue weighted by atomic mass is 16.5. The predicted octanol–water partition coefficient (Wildman–Crippen LogP) is 1.41. The summed E-state index contributed by atoms with van der Waals surface area (Å²) < 4.78 is 5.61. The van der Waals surface area contributed by atoms with Gasteiger partial charge in [0.25, 0.3) is 0 Å². The van der Waals surface area contributed by atoms with Crippen molar-refractivity contribution < 1.29 is 14.3 Å². The quantitative estimate of drug-likeness (QED) is 0.774. The maximum atomic E-state index is 13.0. The molecular weight excluding hydrogens is 268 g/mol. The largest absolute Gasteiger partial charge is 0.378 e. The number of hydrogen-bond acceptors (Lipinski definition) is 3. The van der Waals surface area contributed by atoms with Crippen LogP contribution in [0.1, 0.15) is 46.5 Å². The van der Waals surface area contributed by atoms with Crippen molar-refractivity contribution in [2.45, 2.75) is 70.7 Å². The number of fused-ring (bicyclic) bond motifs is 1. The van der Waals surface area contributed by atoms with Gasteiger partial charge in [-0.25, -0.2) is 0 Å². The lowest BCUT2D eigenvalue weighted by Gasteiger charge is -2.48. The molecule has 0 N–H and O–H groups in total. The van der Waals surface area contributed by atoms with Crippen LogP contribution < -0.4 is 0 Å². The Labute approximate surface area is 126 Å². The highest BCUT2D eigenvalue weighted by Crippen LogP contribution is 2.33. The van der Waals surface area contributed by atoms with E-state index < -0.39 is 0 Å². The highest BCUT2D eigenvalue weighted by molar-refractivity contribution is 5.97. The molecular formula is C16H26N2O3. The third kappa shape index (κ3) is 2.45. The maximum Gasteiger partial charge on any atom is 0.246 e. The fraction of sp³-hybridized carbons (Fsp3) is 0.875. The lowest BCUT2D eigenvalue weighted by molar-refractivity contribution is -0.167. The molecule has 5 heteroatoms. The Balaban J connectivity index is 1.90. The average molecular weight is 294 g/mol. The molecule has 3 fully saturated rings. The SMILES string of the molecule is CC1CC(N2C(=O)C3CCCN3C(=O)C2C(C)C)CCO1. The monoisotopic (exact) mass is 294 g/mol. The number of carbonyl (C=O) groups is 2. The first-order chi connectivity index (χ1) is 10.0. The molecule has 2 amide bonds. The summed E-state index contributed by atoms with van der Waals surface area (Å²) in [5, 5.41) is 0. The Morgan fingerprint density at radius 3 is 2.62 bits per heavy atom. The molecule has 0 radical (unpaired) electrons. The van der Waals surface area contributed by atoms with Crippen LogP contribution in [0.5, 0.6) is 0 Å². The zero-order valence-electron chi connectivity index (χ0n) is 13.2. The lowest BCUT2D eigenvalue weighted by Crippen LogP contribution is -2.67. The molecule has 3 heterocycles. The molecule has 3 saturated heterocycles. The molecule has 3 aliphatic heterocycles. The molecule has 0 aromatic carbocycles. The first kappa shape index (κ1) is 14.8. The number of piperazine rings is 1. The van der Waals surface area contributed by atoms with Gasteiger partial charge < -0.3 is 14.5 Å². The van der Waals surface area contributed by atoms with E-state index in [9.17, 15) is 9.59 Å². The second kappa shape index (κ2) is 5.59. The topological polar surface area (TPSA) is 49.9 Å². The van der Waals surface area contributed by atoms with Crippen LogP contribution in [-0.2, 0) is 14.3 Å². The minimum Gasteiger partial charge on any atom is -0.378 e. The predicted molar refractivity (Wildman–Crippen MR) is 78.6 cm³/mol. The van der Waals surface area contributed by atoms with Crippen molar-refractivity contribution in [1.29, 1.82) is 0 Å². The van der Waals surface area contributed by atoms with Crippen LogP contribution in [0.3, 0.4) is 0 Å². The molecule has 21 heavy (non-hydrogen) atoms. The Bertz CT molecular complexity index is 437. The van der Waals surface area contributed by atoms with Gasteiger partial charge >= 0.3 is 0 Å². The van der Waals surface area contributed by atoms with E-state index in [0.29, 0.717) is 6.61 Å². The Morgan fingerprint density at radius 2 is 1.95 bits per heavy atom. The number of ether oxygens (including phenoxy) is 1. The van der Waals surface area contributed by atoms with Crippen LogP contribution in [0, 0.1) is 5.92 Å². The van der Waals surface area contributed by atoms with Crippen LogP contribution in [-0.4, -0.2) is 59.0 Å². The van der Waals surface area contributed by atoms with Crippen molar-refractivity contribution in [1.82, 2.24) is 9.80 Å². The van der Waals surface area contributed by atoms with Gasteiger partial charge in [0.05, 0.1) is 6.10 Å². The van der Waals surface area contributed by atoms with Gasteiger partial charge in [0.15, 0.2) is 0 Å². The number of rotatable bonds is 2. The van der Waals surface area contributed by atoms with E-state index in [0.717, 1.165) is 32.2 Å². The van der Waals surface area contributed by atoms with Gasteiger partial charge in [0.1, 0.15) is 12.1 Å². The molecule has 3 rings (SSSR count). The lowest BCUT2D eigenvalue weighted by atomic mass is 9.91. The van der Waals surface area contributed by atoms with Gasteiger partial charge in [-0.05, 0) is 38.5 Å². The van der Waals surface area contributed by atoms with Crippen molar-refractivity contribution >= 4 is 11.8 Å². The standard InChI is InChI=1S/C16H26N2O3/c1-10(2)14-16(20)17-7-4-5-13(17)15(19)18(14)12-6-8-21-11(3)9-12/h10-14H,4-9H2,1-3H3. The summed E-state index contributed by atoms with van der Waals surface area (Å²) in [5.41, 5.74) is 0. The second-order valence-corrected chi connectivity index (χ2v) is 6.98. The van der Waals surface area contributed by atoms with E-state index in [1.807, 2.05) is 23.6 Å². The van der Waals surface area contributed by atoms with Crippen LogP contribution in [0.4, 0.5) is 0 Å². The van der Waals surface area contributed by atoms with E-state index in [-0.39, 0.29) is 42.0 Å². The van der Waals surface area contributed by atoms with Gasteiger partial charge in [0, 0.05) is 19.2 Å². The summed E-state index contributed by atoms with van der Waals surface area (Å²) >= 11 is 0. The van der Waals surface area contributed by atoms with Crippen molar-refractivity contribution in [2.24, 2.45) is 5.92 Å². The summed E-state index contributed by atoms with van der Waals surface area (Å²) in [6.07, 6.45) is 3.63. The van der Waals surface area contributed by atoms with Gasteiger partial charge in [-0.3, -0.25) is 9.59 Å². The van der Waals surface area contributed by atoms with Crippen LogP contribution in [0.25, 0.3) is 0 Å². The minimum atomic E-state index is -0.290. The molecule has 0 aromatic heterocycles. The van der Waals surface area contributed by atoms with Crippen LogP contribution in [0.2, 0.25) is 0 Å². The third-order valence-electron chi connectivity index (χ3n) is 5.11.